The molecule has 0 aliphatic rings. The summed E-state index contributed by atoms with van der Waals surface area (Å²) in [5.41, 5.74) is 3.25. The van der Waals surface area contributed by atoms with E-state index >= 15 is 0 Å². The first kappa shape index (κ1) is 11.4. The summed E-state index contributed by atoms with van der Waals surface area (Å²) in [4.78, 5) is 22.2. The maximum Gasteiger partial charge on any atom is 0.356 e. The molecule has 0 saturated heterocycles. The first-order chi connectivity index (χ1) is 9.15. The van der Waals surface area contributed by atoms with E-state index < -0.39 is 5.97 Å². The summed E-state index contributed by atoms with van der Waals surface area (Å²) in [6.07, 6.45) is 3.16. The van der Waals surface area contributed by atoms with Crippen molar-refractivity contribution < 1.29 is 9.90 Å². The number of aromatic carboxylic acids is 1. The minimum absolute atomic E-state index is 0.0380. The first-order valence-corrected chi connectivity index (χ1v) is 5.79. The van der Waals surface area contributed by atoms with Crippen LogP contribution in [0.25, 0.3) is 22.2 Å². The maximum atomic E-state index is 10.8. The van der Waals surface area contributed by atoms with E-state index in [1.54, 1.807) is 6.92 Å². The third kappa shape index (κ3) is 1.95. The van der Waals surface area contributed by atoms with Crippen LogP contribution in [0.2, 0.25) is 0 Å². The molecule has 94 valence electrons. The molecule has 5 nitrogen and oxygen atoms in total. The molecule has 0 aliphatic carbocycles. The van der Waals surface area contributed by atoms with E-state index in [0.29, 0.717) is 11.4 Å². The second-order valence-corrected chi connectivity index (χ2v) is 4.27. The van der Waals surface area contributed by atoms with Gasteiger partial charge >= 0.3 is 5.97 Å². The Hall–Kier alpha value is -2.69. The van der Waals surface area contributed by atoms with E-state index in [2.05, 4.69) is 15.0 Å². The van der Waals surface area contributed by atoms with Crippen molar-refractivity contribution in [2.45, 2.75) is 6.92 Å². The van der Waals surface area contributed by atoms with Crippen LogP contribution < -0.4 is 0 Å². The number of rotatable bonds is 2. The standard InChI is InChI=1S/C14H11N3O2/c1-8-13(16-7-12(17-8)14(18)19)10-2-3-11-9(6-10)4-5-15-11/h2-7,15H,1H3,(H,18,19). The zero-order valence-corrected chi connectivity index (χ0v) is 10.2. The Morgan fingerprint density at radius 1 is 1.32 bits per heavy atom. The number of carbonyl (C=O) groups is 1. The molecule has 0 bridgehead atoms. The van der Waals surface area contributed by atoms with Gasteiger partial charge in [-0.2, -0.15) is 0 Å². The molecule has 0 fully saturated rings. The minimum atomic E-state index is -1.07. The number of carboxylic acids is 1. The van der Waals surface area contributed by atoms with Crippen molar-refractivity contribution in [2.75, 3.05) is 0 Å². The molecule has 0 saturated carbocycles. The fraction of sp³-hybridized carbons (Fsp3) is 0.0714. The zero-order valence-electron chi connectivity index (χ0n) is 10.2. The van der Waals surface area contributed by atoms with Crippen LogP contribution in [0, 0.1) is 6.92 Å². The number of hydrogen-bond acceptors (Lipinski definition) is 3. The predicted molar refractivity (Wildman–Crippen MR) is 71.0 cm³/mol. The van der Waals surface area contributed by atoms with Crippen molar-refractivity contribution >= 4 is 16.9 Å². The maximum absolute atomic E-state index is 10.8. The lowest BCUT2D eigenvalue weighted by atomic mass is 10.1. The molecular formula is C14H11N3O2. The number of H-pyrrole nitrogens is 1. The Balaban J connectivity index is 2.12. The molecule has 2 aromatic heterocycles. The lowest BCUT2D eigenvalue weighted by Crippen LogP contribution is -2.04. The summed E-state index contributed by atoms with van der Waals surface area (Å²) in [6.45, 7) is 1.76. The Kier molecular flexibility index (Phi) is 2.52. The molecule has 19 heavy (non-hydrogen) atoms. The van der Waals surface area contributed by atoms with Crippen LogP contribution in [0.4, 0.5) is 0 Å². The summed E-state index contributed by atoms with van der Waals surface area (Å²) in [5, 5.41) is 9.96. The number of hydrogen-bond donors (Lipinski definition) is 2. The van der Waals surface area contributed by atoms with Crippen molar-refractivity contribution in [3.8, 4) is 11.3 Å². The van der Waals surface area contributed by atoms with Gasteiger partial charge in [0.2, 0.25) is 0 Å². The molecule has 0 aliphatic heterocycles. The molecule has 3 rings (SSSR count). The van der Waals surface area contributed by atoms with E-state index in [1.165, 1.54) is 6.20 Å². The van der Waals surface area contributed by atoms with Gasteiger partial charge in [0, 0.05) is 22.7 Å². The van der Waals surface area contributed by atoms with Crippen molar-refractivity contribution in [1.82, 2.24) is 15.0 Å². The summed E-state index contributed by atoms with van der Waals surface area (Å²) < 4.78 is 0. The monoisotopic (exact) mass is 253 g/mol. The van der Waals surface area contributed by atoms with Crippen LogP contribution in [-0.2, 0) is 0 Å². The Bertz CT molecular complexity index is 777. The van der Waals surface area contributed by atoms with Gasteiger partial charge in [0.1, 0.15) is 0 Å². The van der Waals surface area contributed by atoms with Gasteiger partial charge in [0.25, 0.3) is 0 Å². The Morgan fingerprint density at radius 3 is 2.89 bits per heavy atom. The molecule has 0 unspecified atom stereocenters. The number of carboxylic acid groups (broad SMARTS) is 1. The van der Waals surface area contributed by atoms with Gasteiger partial charge in [-0.25, -0.2) is 9.78 Å². The second-order valence-electron chi connectivity index (χ2n) is 4.27. The predicted octanol–water partition coefficient (Wildman–Crippen LogP) is 2.63. The lowest BCUT2D eigenvalue weighted by molar-refractivity contribution is 0.0689. The van der Waals surface area contributed by atoms with Gasteiger partial charge in [-0.1, -0.05) is 6.07 Å². The van der Waals surface area contributed by atoms with Crippen LogP contribution in [-0.4, -0.2) is 26.0 Å². The van der Waals surface area contributed by atoms with Gasteiger partial charge in [0.05, 0.1) is 17.6 Å². The van der Waals surface area contributed by atoms with Gasteiger partial charge in [-0.3, -0.25) is 4.98 Å². The lowest BCUT2D eigenvalue weighted by Gasteiger charge is -2.05. The van der Waals surface area contributed by atoms with Crippen LogP contribution in [0.5, 0.6) is 0 Å². The molecular weight excluding hydrogens is 242 g/mol. The number of nitrogens with one attached hydrogen (secondary N) is 1. The summed E-state index contributed by atoms with van der Waals surface area (Å²) in [7, 11) is 0. The van der Waals surface area contributed by atoms with E-state index in [9.17, 15) is 4.79 Å². The van der Waals surface area contributed by atoms with Crippen LogP contribution >= 0.6 is 0 Å². The highest BCUT2D eigenvalue weighted by Crippen LogP contribution is 2.24. The molecule has 2 N–H and O–H groups in total. The molecule has 2 heterocycles. The fourth-order valence-corrected chi connectivity index (χ4v) is 2.07. The largest absolute Gasteiger partial charge is 0.476 e. The molecule has 0 spiro atoms. The number of nitrogens with zero attached hydrogens (tertiary/aromatic N) is 2. The normalized spacial score (nSPS) is 10.8. The van der Waals surface area contributed by atoms with Gasteiger partial charge in [0.15, 0.2) is 5.69 Å². The Labute approximate surface area is 109 Å². The third-order valence-corrected chi connectivity index (χ3v) is 2.99. The van der Waals surface area contributed by atoms with Crippen molar-refractivity contribution in [3.63, 3.8) is 0 Å². The van der Waals surface area contributed by atoms with Crippen molar-refractivity contribution in [3.05, 3.63) is 48.0 Å². The van der Waals surface area contributed by atoms with E-state index in [4.69, 9.17) is 5.11 Å². The SMILES string of the molecule is Cc1nc(C(=O)O)cnc1-c1ccc2[nH]ccc2c1. The minimum Gasteiger partial charge on any atom is -0.476 e. The molecule has 3 aromatic rings. The number of benzene rings is 1. The Morgan fingerprint density at radius 2 is 2.16 bits per heavy atom. The topological polar surface area (TPSA) is 78.9 Å². The first-order valence-electron chi connectivity index (χ1n) is 5.79. The fourth-order valence-electron chi connectivity index (χ4n) is 2.07. The van der Waals surface area contributed by atoms with Gasteiger partial charge in [-0.05, 0) is 25.1 Å². The number of aryl methyl sites for hydroxylation is 1. The molecule has 0 radical (unpaired) electrons. The summed E-state index contributed by atoms with van der Waals surface area (Å²) >= 11 is 0. The van der Waals surface area contributed by atoms with Gasteiger partial charge < -0.3 is 10.1 Å². The van der Waals surface area contributed by atoms with Crippen molar-refractivity contribution in [1.29, 1.82) is 0 Å². The van der Waals surface area contributed by atoms with Crippen LogP contribution in [0.15, 0.2) is 36.7 Å². The molecule has 0 amide bonds. The highest BCUT2D eigenvalue weighted by Gasteiger charge is 2.10. The van der Waals surface area contributed by atoms with Crippen molar-refractivity contribution in [2.24, 2.45) is 0 Å². The average Bonchev–Trinajstić information content (AvgIpc) is 2.85. The second kappa shape index (κ2) is 4.20. The summed E-state index contributed by atoms with van der Waals surface area (Å²) in [6, 6.07) is 7.89. The third-order valence-electron chi connectivity index (χ3n) is 2.99. The highest BCUT2D eigenvalue weighted by atomic mass is 16.4. The van der Waals surface area contributed by atoms with E-state index in [1.807, 2.05) is 30.5 Å². The average molecular weight is 253 g/mol. The molecule has 0 atom stereocenters. The van der Waals surface area contributed by atoms with Gasteiger partial charge in [-0.15, -0.1) is 0 Å². The van der Waals surface area contributed by atoms with Crippen LogP contribution in [0.3, 0.4) is 0 Å². The number of fused-ring (bicyclic) bond motifs is 1. The quantitative estimate of drug-likeness (QED) is 0.735. The molecule has 1 aromatic carbocycles. The van der Waals surface area contributed by atoms with Crippen LogP contribution in [0.1, 0.15) is 16.2 Å². The number of aromatic amines is 1. The highest BCUT2D eigenvalue weighted by molar-refractivity contribution is 5.86. The van der Waals surface area contributed by atoms with E-state index in [-0.39, 0.29) is 5.69 Å². The molecule has 5 heteroatoms. The smallest absolute Gasteiger partial charge is 0.356 e. The zero-order chi connectivity index (χ0) is 13.4. The summed E-state index contributed by atoms with van der Waals surface area (Å²) in [5.74, 6) is -1.07. The van der Waals surface area contributed by atoms with E-state index in [0.717, 1.165) is 16.5 Å². The number of aromatic nitrogens is 3.